The van der Waals surface area contributed by atoms with Crippen LogP contribution in [0, 0.1) is 0 Å². The molecular formula is C47H30N2O2S. The molecule has 246 valence electrons. The molecule has 0 N–H and O–H groups in total. The third-order valence-corrected chi connectivity index (χ3v) is 11.9. The second kappa shape index (κ2) is 10.8. The van der Waals surface area contributed by atoms with Gasteiger partial charge in [0.15, 0.2) is 11.2 Å². The summed E-state index contributed by atoms with van der Waals surface area (Å²) in [5.41, 5.74) is 14.7. The summed E-state index contributed by atoms with van der Waals surface area (Å²) in [6, 6.07) is 51.3. The van der Waals surface area contributed by atoms with Crippen LogP contribution < -0.4 is 0 Å². The monoisotopic (exact) mass is 686 g/mol. The first-order valence-electron chi connectivity index (χ1n) is 17.6. The Morgan fingerprint density at radius 3 is 1.79 bits per heavy atom. The fraction of sp³-hybridized carbons (Fsp3) is 0.0638. The molecule has 0 fully saturated rings. The van der Waals surface area contributed by atoms with Crippen LogP contribution in [0.3, 0.4) is 0 Å². The molecule has 11 rings (SSSR count). The van der Waals surface area contributed by atoms with Crippen molar-refractivity contribution in [1.82, 2.24) is 9.97 Å². The molecule has 7 aromatic carbocycles. The average molecular weight is 687 g/mol. The first-order valence-corrected chi connectivity index (χ1v) is 18.4. The molecule has 3 aromatic heterocycles. The minimum Gasteiger partial charge on any atom is -0.436 e. The second-order valence-corrected chi connectivity index (χ2v) is 15.3. The Hall–Kier alpha value is -6.30. The van der Waals surface area contributed by atoms with Gasteiger partial charge < -0.3 is 8.83 Å². The first kappa shape index (κ1) is 29.4. The van der Waals surface area contributed by atoms with Crippen molar-refractivity contribution < 1.29 is 8.83 Å². The summed E-state index contributed by atoms with van der Waals surface area (Å²) >= 11 is 1.91. The van der Waals surface area contributed by atoms with E-state index in [-0.39, 0.29) is 5.41 Å². The van der Waals surface area contributed by atoms with Gasteiger partial charge >= 0.3 is 0 Å². The lowest BCUT2D eigenvalue weighted by atomic mass is 9.81. The van der Waals surface area contributed by atoms with Gasteiger partial charge in [-0.05, 0) is 99.6 Å². The van der Waals surface area contributed by atoms with Crippen LogP contribution >= 0.6 is 11.3 Å². The van der Waals surface area contributed by atoms with Gasteiger partial charge in [0.25, 0.3) is 0 Å². The Bertz CT molecular complexity index is 2910. The van der Waals surface area contributed by atoms with Crippen LogP contribution in [0.2, 0.25) is 0 Å². The van der Waals surface area contributed by atoms with Crippen molar-refractivity contribution in [2.45, 2.75) is 19.3 Å². The highest BCUT2D eigenvalue weighted by molar-refractivity contribution is 7.26. The highest BCUT2D eigenvalue weighted by atomic mass is 32.1. The minimum absolute atomic E-state index is 0.120. The van der Waals surface area contributed by atoms with Crippen LogP contribution in [0.15, 0.2) is 154 Å². The van der Waals surface area contributed by atoms with Gasteiger partial charge in [0.2, 0.25) is 11.8 Å². The maximum Gasteiger partial charge on any atom is 0.227 e. The Morgan fingerprint density at radius 2 is 1.08 bits per heavy atom. The fourth-order valence-electron chi connectivity index (χ4n) is 8.09. The number of aromatic nitrogens is 2. The van der Waals surface area contributed by atoms with Crippen molar-refractivity contribution in [3.05, 3.63) is 157 Å². The molecule has 52 heavy (non-hydrogen) atoms. The van der Waals surface area contributed by atoms with Gasteiger partial charge in [-0.1, -0.05) is 98.8 Å². The van der Waals surface area contributed by atoms with E-state index in [2.05, 4.69) is 111 Å². The van der Waals surface area contributed by atoms with Crippen molar-refractivity contribution in [2.75, 3.05) is 0 Å². The zero-order chi connectivity index (χ0) is 34.6. The van der Waals surface area contributed by atoms with E-state index in [0.717, 1.165) is 50.0 Å². The number of fused-ring (bicyclic) bond motifs is 9. The molecule has 0 atom stereocenters. The molecule has 0 radical (unpaired) electrons. The normalized spacial score (nSPS) is 13.3. The van der Waals surface area contributed by atoms with Crippen LogP contribution in [-0.2, 0) is 5.41 Å². The maximum atomic E-state index is 6.26. The number of oxazole rings is 2. The Morgan fingerprint density at radius 1 is 0.481 bits per heavy atom. The molecule has 0 spiro atoms. The van der Waals surface area contributed by atoms with Crippen molar-refractivity contribution in [1.29, 1.82) is 0 Å². The van der Waals surface area contributed by atoms with E-state index >= 15 is 0 Å². The number of nitrogens with zero attached hydrogens (tertiary/aromatic N) is 2. The predicted molar refractivity (Wildman–Crippen MR) is 214 cm³/mol. The van der Waals surface area contributed by atoms with Crippen molar-refractivity contribution in [3.8, 4) is 56.3 Å². The summed E-state index contributed by atoms with van der Waals surface area (Å²) in [6.45, 7) is 4.73. The lowest BCUT2D eigenvalue weighted by Gasteiger charge is -2.22. The summed E-state index contributed by atoms with van der Waals surface area (Å²) in [5, 5.41) is 2.68. The summed E-state index contributed by atoms with van der Waals surface area (Å²) < 4.78 is 15.2. The quantitative estimate of drug-likeness (QED) is 0.185. The van der Waals surface area contributed by atoms with Crippen molar-refractivity contribution >= 4 is 53.7 Å². The minimum atomic E-state index is -0.120. The molecule has 0 saturated carbocycles. The van der Waals surface area contributed by atoms with Gasteiger partial charge in [0.05, 0.1) is 0 Å². The van der Waals surface area contributed by atoms with Gasteiger partial charge in [0, 0.05) is 42.3 Å². The van der Waals surface area contributed by atoms with Crippen LogP contribution in [0.1, 0.15) is 25.0 Å². The summed E-state index contributed by atoms with van der Waals surface area (Å²) in [4.78, 5) is 9.68. The van der Waals surface area contributed by atoms with Crippen LogP contribution in [-0.4, -0.2) is 9.97 Å². The van der Waals surface area contributed by atoms with Gasteiger partial charge in [0.1, 0.15) is 11.0 Å². The van der Waals surface area contributed by atoms with Crippen LogP contribution in [0.5, 0.6) is 0 Å². The highest BCUT2D eigenvalue weighted by Gasteiger charge is 2.37. The van der Waals surface area contributed by atoms with E-state index in [9.17, 15) is 0 Å². The smallest absolute Gasteiger partial charge is 0.227 e. The molecule has 1 aliphatic carbocycles. The van der Waals surface area contributed by atoms with Gasteiger partial charge in [-0.15, -0.1) is 11.3 Å². The summed E-state index contributed by atoms with van der Waals surface area (Å²) in [6.07, 6.45) is 0. The second-order valence-electron chi connectivity index (χ2n) is 14.2. The molecule has 5 heteroatoms. The molecule has 0 bridgehead atoms. The molecular weight excluding hydrogens is 657 g/mol. The molecule has 1 aliphatic rings. The standard InChI is InChI=1S/C47H30N2O2S/c1-47(2)36-21-20-34-33-12-3-8-17-42(33)52-44(34)43(36)35-19-18-29(26-37(35)47)27-10-9-11-28(22-27)30-23-31(45-48-38-13-4-6-15-40(38)50-45)25-32(24-30)46-49-39-14-5-7-16-41(39)51-46/h3-26H,1-2H3. The molecule has 0 aliphatic heterocycles. The Kier molecular flexibility index (Phi) is 6.14. The Balaban J connectivity index is 1.04. The third kappa shape index (κ3) is 4.39. The third-order valence-electron chi connectivity index (χ3n) is 10.7. The maximum absolute atomic E-state index is 6.26. The van der Waals surface area contributed by atoms with Gasteiger partial charge in [-0.3, -0.25) is 0 Å². The molecule has 0 saturated heterocycles. The highest BCUT2D eigenvalue weighted by Crippen LogP contribution is 2.54. The summed E-state index contributed by atoms with van der Waals surface area (Å²) in [5.74, 6) is 1.12. The van der Waals surface area contributed by atoms with Gasteiger partial charge in [-0.25, -0.2) is 9.97 Å². The van der Waals surface area contributed by atoms with Crippen LogP contribution in [0.4, 0.5) is 0 Å². The topological polar surface area (TPSA) is 52.1 Å². The number of benzene rings is 7. The van der Waals surface area contributed by atoms with E-state index in [1.165, 1.54) is 48.0 Å². The predicted octanol–water partition coefficient (Wildman–Crippen LogP) is 13.3. The number of hydrogen-bond donors (Lipinski definition) is 0. The average Bonchev–Trinajstić information content (AvgIpc) is 3.96. The molecule has 3 heterocycles. The Labute approximate surface area is 303 Å². The lowest BCUT2D eigenvalue weighted by Crippen LogP contribution is -2.14. The van der Waals surface area contributed by atoms with E-state index in [0.29, 0.717) is 11.8 Å². The number of para-hydroxylation sites is 4. The fourth-order valence-corrected chi connectivity index (χ4v) is 9.36. The van der Waals surface area contributed by atoms with Gasteiger partial charge in [-0.2, -0.15) is 0 Å². The number of hydrogen-bond acceptors (Lipinski definition) is 5. The molecule has 4 nitrogen and oxygen atoms in total. The summed E-state index contributed by atoms with van der Waals surface area (Å²) in [7, 11) is 0. The van der Waals surface area contributed by atoms with E-state index in [1.54, 1.807) is 0 Å². The first-order chi connectivity index (χ1) is 25.5. The number of thiophene rings is 1. The molecule has 10 aromatic rings. The molecule has 0 unspecified atom stereocenters. The number of rotatable bonds is 4. The van der Waals surface area contributed by atoms with Crippen molar-refractivity contribution in [3.63, 3.8) is 0 Å². The van der Waals surface area contributed by atoms with E-state index < -0.39 is 0 Å². The largest absolute Gasteiger partial charge is 0.436 e. The van der Waals surface area contributed by atoms with E-state index in [4.69, 9.17) is 18.8 Å². The SMILES string of the molecule is CC1(C)c2cc(-c3cccc(-c4cc(-c5nc6ccccc6o5)cc(-c5nc6ccccc6o5)c4)c3)ccc2-c2c1ccc1c2sc2ccccc21. The molecule has 0 amide bonds. The van der Waals surface area contributed by atoms with Crippen LogP contribution in [0.25, 0.3) is 98.7 Å². The van der Waals surface area contributed by atoms with Crippen molar-refractivity contribution in [2.24, 2.45) is 0 Å². The lowest BCUT2D eigenvalue weighted by molar-refractivity contribution is 0.617. The van der Waals surface area contributed by atoms with E-state index in [1.807, 2.05) is 59.9 Å². The zero-order valence-corrected chi connectivity index (χ0v) is 29.3. The zero-order valence-electron chi connectivity index (χ0n) is 28.5.